The first-order valence-corrected chi connectivity index (χ1v) is 9.95. The van der Waals surface area contributed by atoms with E-state index in [2.05, 4.69) is 110 Å². The number of anilines is 2. The van der Waals surface area contributed by atoms with Crippen LogP contribution >= 0.6 is 0 Å². The van der Waals surface area contributed by atoms with Gasteiger partial charge >= 0.3 is 0 Å². The third-order valence-corrected chi connectivity index (χ3v) is 5.01. The van der Waals surface area contributed by atoms with Gasteiger partial charge in [-0.1, -0.05) is 90.0 Å². The summed E-state index contributed by atoms with van der Waals surface area (Å²) < 4.78 is 0. The quantitative estimate of drug-likeness (QED) is 0.353. The van der Waals surface area contributed by atoms with Crippen molar-refractivity contribution in [1.29, 1.82) is 0 Å². The predicted molar refractivity (Wildman–Crippen MR) is 125 cm³/mol. The van der Waals surface area contributed by atoms with E-state index in [0.717, 1.165) is 11.4 Å². The van der Waals surface area contributed by atoms with Crippen LogP contribution in [0.5, 0.6) is 0 Å². The Morgan fingerprint density at radius 2 is 1.03 bits per heavy atom. The Morgan fingerprint density at radius 1 is 0.552 bits per heavy atom. The first-order valence-electron chi connectivity index (χ1n) is 9.95. The lowest BCUT2D eigenvalue weighted by molar-refractivity contribution is 1.43. The van der Waals surface area contributed by atoms with Crippen molar-refractivity contribution in [1.82, 2.24) is 0 Å². The van der Waals surface area contributed by atoms with E-state index < -0.39 is 0 Å². The smallest absolute Gasteiger partial charge is 0.0384 e. The highest BCUT2D eigenvalue weighted by atomic mass is 14.9. The first-order chi connectivity index (χ1) is 14.2. The number of benzene rings is 4. The van der Waals surface area contributed by atoms with E-state index in [0.29, 0.717) is 0 Å². The maximum Gasteiger partial charge on any atom is 0.0384 e. The van der Waals surface area contributed by atoms with Crippen LogP contribution in [0.15, 0.2) is 103 Å². The molecular weight excluding hydrogens is 350 g/mol. The molecule has 29 heavy (non-hydrogen) atoms. The van der Waals surface area contributed by atoms with Crippen LogP contribution in [0.4, 0.5) is 11.4 Å². The molecule has 4 aromatic carbocycles. The molecule has 0 spiro atoms. The number of nitrogens with one attached hydrogen (secondary N) is 1. The molecule has 0 aromatic heterocycles. The molecule has 4 aromatic rings. The second-order valence-electron chi connectivity index (χ2n) is 7.40. The molecule has 0 amide bonds. The van der Waals surface area contributed by atoms with Gasteiger partial charge in [0.2, 0.25) is 0 Å². The molecule has 1 nitrogen and oxygen atoms in total. The summed E-state index contributed by atoms with van der Waals surface area (Å²) in [5.74, 6) is 0. The minimum Gasteiger partial charge on any atom is -0.356 e. The highest BCUT2D eigenvalue weighted by molar-refractivity contribution is 5.91. The van der Waals surface area contributed by atoms with E-state index in [9.17, 15) is 0 Å². The van der Waals surface area contributed by atoms with E-state index in [1.54, 1.807) is 0 Å². The lowest BCUT2D eigenvalue weighted by Crippen LogP contribution is -1.91. The molecule has 1 N–H and O–H groups in total. The summed E-state index contributed by atoms with van der Waals surface area (Å²) >= 11 is 0. The van der Waals surface area contributed by atoms with E-state index >= 15 is 0 Å². The first kappa shape index (κ1) is 18.8. The Bertz CT molecular complexity index is 1040. The Balaban J connectivity index is 1.66. The molecule has 0 aliphatic rings. The second-order valence-corrected chi connectivity index (χ2v) is 7.40. The van der Waals surface area contributed by atoms with Gasteiger partial charge in [-0.25, -0.2) is 0 Å². The Labute approximate surface area is 173 Å². The Morgan fingerprint density at radius 3 is 1.55 bits per heavy atom. The fourth-order valence-electron chi connectivity index (χ4n) is 3.32. The predicted octanol–water partition coefficient (Wildman–Crippen LogP) is 7.64. The molecular formula is C28H25N. The summed E-state index contributed by atoms with van der Waals surface area (Å²) in [5, 5.41) is 3.44. The van der Waals surface area contributed by atoms with Crippen molar-refractivity contribution in [2.24, 2.45) is 0 Å². The fourth-order valence-corrected chi connectivity index (χ4v) is 3.32. The molecule has 0 fully saturated rings. The lowest BCUT2D eigenvalue weighted by Gasteiger charge is -2.11. The van der Waals surface area contributed by atoms with E-state index in [1.165, 1.54) is 33.4 Å². The maximum atomic E-state index is 3.44. The summed E-state index contributed by atoms with van der Waals surface area (Å²) in [7, 11) is 0. The van der Waals surface area contributed by atoms with Gasteiger partial charge in [0.15, 0.2) is 0 Å². The lowest BCUT2D eigenvalue weighted by atomic mass is 9.94. The molecule has 0 heterocycles. The highest BCUT2D eigenvalue weighted by Crippen LogP contribution is 2.27. The third-order valence-electron chi connectivity index (χ3n) is 5.01. The molecule has 0 atom stereocenters. The average molecular weight is 376 g/mol. The van der Waals surface area contributed by atoms with Gasteiger partial charge < -0.3 is 5.32 Å². The van der Waals surface area contributed by atoms with Gasteiger partial charge in [-0.3, -0.25) is 0 Å². The largest absolute Gasteiger partial charge is 0.356 e. The minimum absolute atomic E-state index is 1.08. The van der Waals surface area contributed by atoms with Crippen molar-refractivity contribution in [2.45, 2.75) is 13.8 Å². The maximum absolute atomic E-state index is 3.44. The van der Waals surface area contributed by atoms with Gasteiger partial charge in [0.1, 0.15) is 0 Å². The summed E-state index contributed by atoms with van der Waals surface area (Å²) in [4.78, 5) is 0. The molecule has 142 valence electrons. The molecule has 4 rings (SSSR count). The normalized spacial score (nSPS) is 10.4. The molecule has 0 unspecified atom stereocenters. The minimum atomic E-state index is 1.08. The zero-order valence-electron chi connectivity index (χ0n) is 16.9. The molecule has 0 saturated heterocycles. The van der Waals surface area contributed by atoms with Crippen molar-refractivity contribution >= 4 is 23.0 Å². The van der Waals surface area contributed by atoms with Crippen LogP contribution < -0.4 is 5.32 Å². The van der Waals surface area contributed by atoms with Crippen LogP contribution in [-0.4, -0.2) is 0 Å². The fraction of sp³-hybridized carbons (Fsp3) is 0.0714. The molecule has 0 aliphatic heterocycles. The summed E-state index contributed by atoms with van der Waals surface area (Å²) in [6.45, 7) is 4.25. The van der Waals surface area contributed by atoms with Crippen molar-refractivity contribution in [3.05, 3.63) is 131 Å². The van der Waals surface area contributed by atoms with Crippen LogP contribution in [0.1, 0.15) is 27.8 Å². The van der Waals surface area contributed by atoms with Crippen LogP contribution in [0.2, 0.25) is 0 Å². The summed E-state index contributed by atoms with van der Waals surface area (Å²) in [6.07, 6.45) is 2.27. The van der Waals surface area contributed by atoms with Crippen LogP contribution in [0, 0.1) is 13.8 Å². The monoisotopic (exact) mass is 375 g/mol. The number of hydrogen-bond acceptors (Lipinski definition) is 1. The van der Waals surface area contributed by atoms with Crippen molar-refractivity contribution in [2.75, 3.05) is 5.32 Å². The average Bonchev–Trinajstić information content (AvgIpc) is 2.75. The SMILES string of the molecule is Cc1ccc(C(=Cc2ccc(Nc3ccccc3)cc2)c2ccc(C)cc2)cc1. The van der Waals surface area contributed by atoms with Crippen LogP contribution in [0.25, 0.3) is 11.6 Å². The van der Waals surface area contributed by atoms with Gasteiger partial charge in [-0.15, -0.1) is 0 Å². The van der Waals surface area contributed by atoms with Crippen LogP contribution in [0.3, 0.4) is 0 Å². The summed E-state index contributed by atoms with van der Waals surface area (Å²) in [6, 6.07) is 36.3. The molecule has 0 saturated carbocycles. The van der Waals surface area contributed by atoms with Gasteiger partial charge in [0, 0.05) is 11.4 Å². The van der Waals surface area contributed by atoms with Gasteiger partial charge in [0.05, 0.1) is 0 Å². The van der Waals surface area contributed by atoms with Crippen molar-refractivity contribution in [3.63, 3.8) is 0 Å². The summed E-state index contributed by atoms with van der Waals surface area (Å²) in [5.41, 5.74) is 9.59. The Hall–Kier alpha value is -3.58. The van der Waals surface area contributed by atoms with Gasteiger partial charge in [-0.2, -0.15) is 0 Å². The van der Waals surface area contributed by atoms with Crippen molar-refractivity contribution in [3.8, 4) is 0 Å². The van der Waals surface area contributed by atoms with Gasteiger partial charge in [0.25, 0.3) is 0 Å². The standard InChI is InChI=1S/C28H25N/c1-21-8-14-24(15-9-21)28(25-16-10-22(2)11-17-25)20-23-12-18-27(19-13-23)29-26-6-4-3-5-7-26/h3-20,29H,1-2H3. The molecule has 0 bridgehead atoms. The molecule has 0 aliphatic carbocycles. The number of aryl methyl sites for hydroxylation is 2. The third kappa shape index (κ3) is 4.83. The highest BCUT2D eigenvalue weighted by Gasteiger charge is 2.06. The number of hydrogen-bond donors (Lipinski definition) is 1. The topological polar surface area (TPSA) is 12.0 Å². The zero-order valence-corrected chi connectivity index (χ0v) is 16.9. The number of rotatable bonds is 5. The molecule has 1 heteroatoms. The zero-order chi connectivity index (χ0) is 20.1. The molecule has 0 radical (unpaired) electrons. The van der Waals surface area contributed by atoms with E-state index in [1.807, 2.05) is 18.2 Å². The van der Waals surface area contributed by atoms with Crippen LogP contribution in [-0.2, 0) is 0 Å². The number of para-hydroxylation sites is 1. The second kappa shape index (κ2) is 8.62. The Kier molecular flexibility index (Phi) is 5.58. The van der Waals surface area contributed by atoms with E-state index in [-0.39, 0.29) is 0 Å². The van der Waals surface area contributed by atoms with Crippen molar-refractivity contribution < 1.29 is 0 Å². The van der Waals surface area contributed by atoms with Gasteiger partial charge in [-0.05, 0) is 66.5 Å². The van der Waals surface area contributed by atoms with E-state index in [4.69, 9.17) is 0 Å².